The fourth-order valence-corrected chi connectivity index (χ4v) is 3.89. The first-order chi connectivity index (χ1) is 10.8. The van der Waals surface area contributed by atoms with Crippen LogP contribution in [-0.2, 0) is 9.47 Å². The van der Waals surface area contributed by atoms with Gasteiger partial charge in [-0.2, -0.15) is 0 Å². The zero-order chi connectivity index (χ0) is 16.9. The molecule has 2 aliphatic rings. The lowest BCUT2D eigenvalue weighted by molar-refractivity contribution is -0.0553. The first kappa shape index (κ1) is 18.5. The molecule has 0 spiro atoms. The molecule has 0 aromatic rings. The minimum Gasteiger partial charge on any atom is -0.444 e. The lowest BCUT2D eigenvalue weighted by Crippen LogP contribution is -2.46. The highest BCUT2D eigenvalue weighted by Gasteiger charge is 2.36. The summed E-state index contributed by atoms with van der Waals surface area (Å²) < 4.78 is 11.2. The van der Waals surface area contributed by atoms with Gasteiger partial charge in [0.05, 0.1) is 5.60 Å². The predicted molar refractivity (Wildman–Crippen MR) is 91.6 cm³/mol. The number of alkyl carbamates (subject to hydrolysis) is 1. The Balaban J connectivity index is 1.74. The van der Waals surface area contributed by atoms with E-state index in [9.17, 15) is 4.79 Å². The Hall–Kier alpha value is -0.810. The van der Waals surface area contributed by atoms with Crippen molar-refractivity contribution in [3.05, 3.63) is 0 Å². The van der Waals surface area contributed by atoms with Gasteiger partial charge >= 0.3 is 6.09 Å². The van der Waals surface area contributed by atoms with Gasteiger partial charge in [-0.25, -0.2) is 4.79 Å². The van der Waals surface area contributed by atoms with Gasteiger partial charge in [-0.05, 0) is 84.7 Å². The summed E-state index contributed by atoms with van der Waals surface area (Å²) in [4.78, 5) is 11.9. The maximum atomic E-state index is 11.9. The number of nitrogens with one attached hydrogen (secondary N) is 2. The Bertz CT molecular complexity index is 378. The van der Waals surface area contributed by atoms with E-state index >= 15 is 0 Å². The predicted octanol–water partition coefficient (Wildman–Crippen LogP) is 3.23. The molecule has 0 radical (unpaired) electrons. The normalized spacial score (nSPS) is 28.2. The average Bonchev–Trinajstić information content (AvgIpc) is 2.48. The van der Waals surface area contributed by atoms with E-state index in [0.717, 1.165) is 45.2 Å². The summed E-state index contributed by atoms with van der Waals surface area (Å²) in [6.07, 6.45) is 7.51. The van der Waals surface area contributed by atoms with Crippen molar-refractivity contribution < 1.29 is 14.3 Å². The largest absolute Gasteiger partial charge is 0.444 e. The third kappa shape index (κ3) is 5.96. The van der Waals surface area contributed by atoms with E-state index < -0.39 is 5.60 Å². The first-order valence-electron chi connectivity index (χ1n) is 9.07. The molecule has 5 nitrogen and oxygen atoms in total. The Kier molecular flexibility index (Phi) is 6.32. The summed E-state index contributed by atoms with van der Waals surface area (Å²) in [7, 11) is 1.86. The lowest BCUT2D eigenvalue weighted by atomic mass is 9.76. The number of amides is 1. The Morgan fingerprint density at radius 3 is 2.30 bits per heavy atom. The smallest absolute Gasteiger partial charge is 0.407 e. The van der Waals surface area contributed by atoms with E-state index in [0.29, 0.717) is 5.92 Å². The number of hydrogen-bond acceptors (Lipinski definition) is 4. The second-order valence-corrected chi connectivity index (χ2v) is 8.21. The molecule has 1 heterocycles. The number of hydrogen-bond donors (Lipinski definition) is 2. The maximum absolute atomic E-state index is 11.9. The van der Waals surface area contributed by atoms with Crippen molar-refractivity contribution >= 4 is 6.09 Å². The highest BCUT2D eigenvalue weighted by molar-refractivity contribution is 5.68. The van der Waals surface area contributed by atoms with Gasteiger partial charge in [-0.1, -0.05) is 0 Å². The van der Waals surface area contributed by atoms with E-state index in [4.69, 9.17) is 9.47 Å². The molecule has 0 atom stereocenters. The molecule has 1 aliphatic heterocycles. The van der Waals surface area contributed by atoms with Gasteiger partial charge in [-0.3, -0.25) is 0 Å². The molecule has 134 valence electrons. The van der Waals surface area contributed by atoms with E-state index in [1.165, 1.54) is 12.8 Å². The Labute approximate surface area is 140 Å². The molecular formula is C18H34N2O3. The van der Waals surface area contributed by atoms with Crippen LogP contribution in [0.3, 0.4) is 0 Å². The van der Waals surface area contributed by atoms with Gasteiger partial charge in [0.1, 0.15) is 5.60 Å². The molecule has 0 bridgehead atoms. The van der Waals surface area contributed by atoms with Crippen LogP contribution in [0.5, 0.6) is 0 Å². The van der Waals surface area contributed by atoms with Crippen LogP contribution in [0, 0.1) is 5.92 Å². The molecule has 1 aliphatic carbocycles. The number of rotatable bonds is 4. The van der Waals surface area contributed by atoms with Crippen molar-refractivity contribution in [1.82, 2.24) is 10.6 Å². The summed E-state index contributed by atoms with van der Waals surface area (Å²) in [6.45, 7) is 7.80. The Morgan fingerprint density at radius 1 is 1.17 bits per heavy atom. The van der Waals surface area contributed by atoms with E-state index in [1.54, 1.807) is 0 Å². The third-order valence-electron chi connectivity index (χ3n) is 5.18. The van der Waals surface area contributed by atoms with Crippen LogP contribution in [0.2, 0.25) is 0 Å². The van der Waals surface area contributed by atoms with Gasteiger partial charge in [0.2, 0.25) is 0 Å². The quantitative estimate of drug-likeness (QED) is 0.833. The molecule has 0 aromatic carbocycles. The minimum absolute atomic E-state index is 0.0708. The van der Waals surface area contributed by atoms with E-state index in [2.05, 4.69) is 10.6 Å². The SMILES string of the molecule is COC1(CC2CCC(NC(=O)OC(C)(C)C)CC2)CCNCC1. The van der Waals surface area contributed by atoms with Gasteiger partial charge in [-0.15, -0.1) is 0 Å². The van der Waals surface area contributed by atoms with E-state index in [-0.39, 0.29) is 17.7 Å². The zero-order valence-corrected chi connectivity index (χ0v) is 15.2. The molecule has 2 rings (SSSR count). The molecule has 23 heavy (non-hydrogen) atoms. The third-order valence-corrected chi connectivity index (χ3v) is 5.18. The Morgan fingerprint density at radius 2 is 1.78 bits per heavy atom. The highest BCUT2D eigenvalue weighted by Crippen LogP contribution is 2.36. The van der Waals surface area contributed by atoms with E-state index in [1.807, 2.05) is 27.9 Å². The molecule has 0 unspecified atom stereocenters. The van der Waals surface area contributed by atoms with Crippen molar-refractivity contribution in [3.63, 3.8) is 0 Å². The second kappa shape index (κ2) is 7.84. The lowest BCUT2D eigenvalue weighted by Gasteiger charge is -2.40. The summed E-state index contributed by atoms with van der Waals surface area (Å²) in [5.41, 5.74) is -0.359. The standard InChI is InChI=1S/C18H34N2O3/c1-17(2,3)23-16(21)20-15-7-5-14(6-8-15)13-18(22-4)9-11-19-12-10-18/h14-15,19H,5-13H2,1-4H3,(H,20,21). The zero-order valence-electron chi connectivity index (χ0n) is 15.2. The molecule has 2 fully saturated rings. The van der Waals surface area contributed by atoms with Gasteiger partial charge in [0.15, 0.2) is 0 Å². The van der Waals surface area contributed by atoms with Crippen molar-refractivity contribution in [2.45, 2.75) is 83.0 Å². The number of methoxy groups -OCH3 is 1. The summed E-state index contributed by atoms with van der Waals surface area (Å²) >= 11 is 0. The minimum atomic E-state index is -0.429. The van der Waals surface area contributed by atoms with Gasteiger partial charge in [0, 0.05) is 13.2 Å². The molecular weight excluding hydrogens is 292 g/mol. The van der Waals surface area contributed by atoms with Gasteiger partial charge in [0.25, 0.3) is 0 Å². The van der Waals surface area contributed by atoms with Crippen molar-refractivity contribution in [3.8, 4) is 0 Å². The van der Waals surface area contributed by atoms with Crippen LogP contribution in [0.25, 0.3) is 0 Å². The molecule has 1 amide bonds. The molecule has 0 aromatic heterocycles. The van der Waals surface area contributed by atoms with Crippen LogP contribution in [-0.4, -0.2) is 43.5 Å². The molecule has 1 saturated carbocycles. The number of carbonyl (C=O) groups is 1. The highest BCUT2D eigenvalue weighted by atomic mass is 16.6. The fourth-order valence-electron chi connectivity index (χ4n) is 3.89. The topological polar surface area (TPSA) is 59.6 Å². The summed E-state index contributed by atoms with van der Waals surface area (Å²) in [5, 5.41) is 6.44. The molecule has 5 heteroatoms. The van der Waals surface area contributed by atoms with Crippen LogP contribution >= 0.6 is 0 Å². The average molecular weight is 326 g/mol. The first-order valence-corrected chi connectivity index (χ1v) is 9.07. The maximum Gasteiger partial charge on any atom is 0.407 e. The van der Waals surface area contributed by atoms with Crippen LogP contribution in [0.15, 0.2) is 0 Å². The number of ether oxygens (including phenoxy) is 2. The monoisotopic (exact) mass is 326 g/mol. The number of piperidine rings is 1. The van der Waals surface area contributed by atoms with Crippen LogP contribution < -0.4 is 10.6 Å². The molecule has 1 saturated heterocycles. The summed E-state index contributed by atoms with van der Waals surface area (Å²) in [6, 6.07) is 0.257. The fraction of sp³-hybridized carbons (Fsp3) is 0.944. The second-order valence-electron chi connectivity index (χ2n) is 8.21. The van der Waals surface area contributed by atoms with Crippen LogP contribution in [0.4, 0.5) is 4.79 Å². The van der Waals surface area contributed by atoms with Crippen LogP contribution in [0.1, 0.15) is 65.7 Å². The van der Waals surface area contributed by atoms with Crippen molar-refractivity contribution in [2.75, 3.05) is 20.2 Å². The van der Waals surface area contributed by atoms with Crippen molar-refractivity contribution in [2.24, 2.45) is 5.92 Å². The number of carbonyl (C=O) groups excluding carboxylic acids is 1. The molecule has 2 N–H and O–H groups in total. The summed E-state index contributed by atoms with van der Waals surface area (Å²) in [5.74, 6) is 0.713. The van der Waals surface area contributed by atoms with Gasteiger partial charge < -0.3 is 20.1 Å². The van der Waals surface area contributed by atoms with Crippen molar-refractivity contribution in [1.29, 1.82) is 0 Å².